The monoisotopic (exact) mass is 361 g/mol. The number of hydrogen-bond acceptors (Lipinski definition) is 6. The summed E-state index contributed by atoms with van der Waals surface area (Å²) in [6.45, 7) is 0. The normalized spacial score (nSPS) is 20.3. The Morgan fingerprint density at radius 3 is 2.72 bits per heavy atom. The molecule has 0 aromatic heterocycles. The lowest BCUT2D eigenvalue weighted by Gasteiger charge is -2.29. The molecule has 0 heterocycles. The molecule has 0 atom stereocenters. The molecule has 0 aliphatic heterocycles. The van der Waals surface area contributed by atoms with E-state index in [4.69, 9.17) is 27.1 Å². The average Bonchev–Trinajstić information content (AvgIpc) is 2.61. The number of rotatable bonds is 6. The van der Waals surface area contributed by atoms with Gasteiger partial charge in [-0.2, -0.15) is 10.4 Å². The lowest BCUT2D eigenvalue weighted by atomic mass is 9.93. The van der Waals surface area contributed by atoms with Gasteiger partial charge < -0.3 is 15.4 Å². The molecular formula is C17H20ClN5O2. The van der Waals surface area contributed by atoms with Gasteiger partial charge in [0, 0.05) is 25.4 Å². The molecule has 25 heavy (non-hydrogen) atoms. The quantitative estimate of drug-likeness (QED) is 0.534. The van der Waals surface area contributed by atoms with E-state index in [1.54, 1.807) is 25.2 Å². The molecule has 1 aromatic carbocycles. The predicted molar refractivity (Wildman–Crippen MR) is 93.3 cm³/mol. The molecule has 0 bridgehead atoms. The zero-order valence-electron chi connectivity index (χ0n) is 13.9. The Bertz CT molecular complexity index is 705. The van der Waals surface area contributed by atoms with E-state index in [0.29, 0.717) is 16.3 Å². The van der Waals surface area contributed by atoms with Gasteiger partial charge in [-0.15, -0.1) is 0 Å². The van der Waals surface area contributed by atoms with Crippen LogP contribution in [0, 0.1) is 16.9 Å². The zero-order valence-corrected chi connectivity index (χ0v) is 14.6. The van der Waals surface area contributed by atoms with Gasteiger partial charge in [-0.25, -0.2) is 5.53 Å². The summed E-state index contributed by atoms with van der Waals surface area (Å²) in [4.78, 5) is 12.0. The van der Waals surface area contributed by atoms with Gasteiger partial charge in [0.1, 0.15) is 11.8 Å². The van der Waals surface area contributed by atoms with Crippen molar-refractivity contribution in [3.63, 3.8) is 0 Å². The average molecular weight is 362 g/mol. The second-order valence-electron chi connectivity index (χ2n) is 5.75. The molecule has 8 heteroatoms. The first kappa shape index (κ1) is 18.7. The van der Waals surface area contributed by atoms with Crippen molar-refractivity contribution >= 4 is 17.5 Å². The number of nitrogens with zero attached hydrogens (tertiary/aromatic N) is 2. The van der Waals surface area contributed by atoms with Crippen LogP contribution in [-0.4, -0.2) is 25.1 Å². The molecule has 3 N–H and O–H groups in total. The Kier molecular flexibility index (Phi) is 6.78. The van der Waals surface area contributed by atoms with E-state index in [2.05, 4.69) is 15.7 Å². The van der Waals surface area contributed by atoms with E-state index in [-0.39, 0.29) is 23.8 Å². The second kappa shape index (κ2) is 9.04. The van der Waals surface area contributed by atoms with Gasteiger partial charge >= 0.3 is 0 Å². The molecule has 0 spiro atoms. The summed E-state index contributed by atoms with van der Waals surface area (Å²) >= 11 is 6.01. The molecule has 1 fully saturated rings. The fraction of sp³-hybridized carbons (Fsp3) is 0.412. The van der Waals surface area contributed by atoms with Gasteiger partial charge in [0.25, 0.3) is 5.91 Å². The maximum absolute atomic E-state index is 12.0. The van der Waals surface area contributed by atoms with Crippen LogP contribution in [0.2, 0.25) is 5.02 Å². The molecule has 1 amide bonds. The van der Waals surface area contributed by atoms with Crippen molar-refractivity contribution in [2.24, 2.45) is 5.11 Å². The van der Waals surface area contributed by atoms with Gasteiger partial charge in [-0.05, 0) is 37.8 Å². The fourth-order valence-corrected chi connectivity index (χ4v) is 2.93. The number of hydrogen-bond donors (Lipinski definition) is 3. The van der Waals surface area contributed by atoms with Crippen molar-refractivity contribution in [3.8, 4) is 11.8 Å². The molecule has 1 aliphatic rings. The van der Waals surface area contributed by atoms with E-state index in [0.717, 1.165) is 25.7 Å². The number of ether oxygens (including phenoxy) is 1. The Balaban J connectivity index is 1.84. The Morgan fingerprint density at radius 1 is 1.44 bits per heavy atom. The molecule has 0 radical (unpaired) electrons. The van der Waals surface area contributed by atoms with Crippen LogP contribution in [0.5, 0.6) is 5.75 Å². The van der Waals surface area contributed by atoms with Gasteiger partial charge in [0.2, 0.25) is 0 Å². The van der Waals surface area contributed by atoms with Crippen molar-refractivity contribution in [1.29, 1.82) is 10.8 Å². The first-order valence-electron chi connectivity index (χ1n) is 7.99. The van der Waals surface area contributed by atoms with Gasteiger partial charge in [0.15, 0.2) is 5.70 Å². The molecule has 132 valence electrons. The van der Waals surface area contributed by atoms with Gasteiger partial charge in [0.05, 0.1) is 16.7 Å². The van der Waals surface area contributed by atoms with Crippen LogP contribution in [0.25, 0.3) is 0 Å². The van der Waals surface area contributed by atoms with Crippen molar-refractivity contribution in [2.75, 3.05) is 7.05 Å². The van der Waals surface area contributed by atoms with E-state index in [9.17, 15) is 4.79 Å². The first-order valence-corrected chi connectivity index (χ1v) is 8.37. The molecule has 1 aromatic rings. The Hall–Kier alpha value is -2.59. The molecule has 1 aliphatic carbocycles. The van der Waals surface area contributed by atoms with Crippen molar-refractivity contribution in [3.05, 3.63) is 40.7 Å². The Morgan fingerprint density at radius 2 is 2.16 bits per heavy atom. The second-order valence-corrected chi connectivity index (χ2v) is 6.16. The molecule has 1 saturated carbocycles. The third-order valence-electron chi connectivity index (χ3n) is 4.01. The molecule has 2 rings (SSSR count). The number of benzene rings is 1. The third-order valence-corrected chi connectivity index (χ3v) is 4.32. The number of carbonyl (C=O) groups is 1. The van der Waals surface area contributed by atoms with Crippen molar-refractivity contribution in [1.82, 2.24) is 10.6 Å². The minimum absolute atomic E-state index is 0.0407. The van der Waals surface area contributed by atoms with Gasteiger partial charge in [-0.1, -0.05) is 11.6 Å². The van der Waals surface area contributed by atoms with E-state index >= 15 is 0 Å². The molecule has 0 unspecified atom stereocenters. The standard InChI is InChI=1S/C17H20ClN5O2/c1-21-10-16(23-20)17(24)22-12-3-6-13(7-4-12)25-14-5-2-11(9-19)15(18)8-14/h2,5,8,10,12-13,20-21H,3-4,6-7H2,1H3,(H,22,24)/b16-10-,23-20?/t12-,13-. The van der Waals surface area contributed by atoms with E-state index < -0.39 is 0 Å². The zero-order chi connectivity index (χ0) is 18.2. The van der Waals surface area contributed by atoms with Crippen LogP contribution in [0.4, 0.5) is 0 Å². The van der Waals surface area contributed by atoms with E-state index in [1.807, 2.05) is 6.07 Å². The highest BCUT2D eigenvalue weighted by Crippen LogP contribution is 2.27. The summed E-state index contributed by atoms with van der Waals surface area (Å²) in [6.07, 6.45) is 4.60. The topological polar surface area (TPSA) is 110 Å². The third kappa shape index (κ3) is 5.19. The van der Waals surface area contributed by atoms with Crippen LogP contribution < -0.4 is 15.4 Å². The summed E-state index contributed by atoms with van der Waals surface area (Å²) in [5.74, 6) is 0.288. The molecule has 0 saturated heterocycles. The smallest absolute Gasteiger partial charge is 0.273 e. The van der Waals surface area contributed by atoms with Crippen molar-refractivity contribution in [2.45, 2.75) is 37.8 Å². The fourth-order valence-electron chi connectivity index (χ4n) is 2.72. The SMILES string of the molecule is CN/C=C(\N=N)C(=O)N[C@H]1CC[C@H](Oc2ccc(C#N)c(Cl)c2)CC1. The van der Waals surface area contributed by atoms with Crippen LogP contribution in [-0.2, 0) is 4.79 Å². The lowest BCUT2D eigenvalue weighted by Crippen LogP contribution is -2.40. The number of nitrogens with one attached hydrogen (secondary N) is 3. The summed E-state index contributed by atoms with van der Waals surface area (Å²) in [5, 5.41) is 18.1. The summed E-state index contributed by atoms with van der Waals surface area (Å²) in [6, 6.07) is 7.09. The highest BCUT2D eigenvalue weighted by molar-refractivity contribution is 6.31. The van der Waals surface area contributed by atoms with Crippen molar-refractivity contribution < 1.29 is 9.53 Å². The van der Waals surface area contributed by atoms with Crippen LogP contribution in [0.15, 0.2) is 35.2 Å². The summed E-state index contributed by atoms with van der Waals surface area (Å²) in [7, 11) is 1.65. The number of halogens is 1. The minimum Gasteiger partial charge on any atom is -0.490 e. The maximum atomic E-state index is 12.0. The van der Waals surface area contributed by atoms with Crippen LogP contribution in [0.1, 0.15) is 31.2 Å². The van der Waals surface area contributed by atoms with E-state index in [1.165, 1.54) is 6.20 Å². The van der Waals surface area contributed by atoms with Gasteiger partial charge in [-0.3, -0.25) is 4.79 Å². The number of amides is 1. The lowest BCUT2D eigenvalue weighted by molar-refractivity contribution is -0.118. The molecule has 7 nitrogen and oxygen atoms in total. The number of nitriles is 1. The van der Waals surface area contributed by atoms with Crippen LogP contribution >= 0.6 is 11.6 Å². The summed E-state index contributed by atoms with van der Waals surface area (Å²) < 4.78 is 5.92. The highest BCUT2D eigenvalue weighted by Gasteiger charge is 2.24. The minimum atomic E-state index is -0.354. The van der Waals surface area contributed by atoms with Crippen LogP contribution in [0.3, 0.4) is 0 Å². The Labute approximate surface area is 151 Å². The first-order chi connectivity index (χ1) is 12.1. The highest BCUT2D eigenvalue weighted by atomic mass is 35.5. The predicted octanol–water partition coefficient (Wildman–Crippen LogP) is 3.11. The largest absolute Gasteiger partial charge is 0.490 e. The summed E-state index contributed by atoms with van der Waals surface area (Å²) in [5.41, 5.74) is 7.49. The number of carbonyl (C=O) groups excluding carboxylic acids is 1. The molecular weight excluding hydrogens is 342 g/mol. The maximum Gasteiger partial charge on any atom is 0.273 e.